The molecule has 2 aliphatic rings. The van der Waals surface area contributed by atoms with Gasteiger partial charge in [0.1, 0.15) is 5.75 Å². The van der Waals surface area contributed by atoms with Crippen molar-refractivity contribution < 1.29 is 19.4 Å². The van der Waals surface area contributed by atoms with E-state index in [-0.39, 0.29) is 6.03 Å². The number of fused-ring (bicyclic) bond motifs is 1. The molecule has 1 fully saturated rings. The zero-order valence-corrected chi connectivity index (χ0v) is 27.3. The zero-order chi connectivity index (χ0) is 33.2. The first-order valence-corrected chi connectivity index (χ1v) is 15.5. The predicted octanol–water partition coefficient (Wildman–Crippen LogP) is 4.68. The molecule has 4 heterocycles. The lowest BCUT2D eigenvalue weighted by Crippen LogP contribution is -2.48. The van der Waals surface area contributed by atoms with Crippen LogP contribution < -0.4 is 24.8 Å². The normalized spacial score (nSPS) is 14.9. The highest BCUT2D eigenvalue weighted by atomic mass is 16.5. The van der Waals surface area contributed by atoms with Crippen LogP contribution in [-0.2, 0) is 13.1 Å². The number of hydrogen-bond acceptors (Lipinski definition) is 9. The van der Waals surface area contributed by atoms with Crippen LogP contribution in [0.15, 0.2) is 55.0 Å². The quantitative estimate of drug-likeness (QED) is 0.265. The summed E-state index contributed by atoms with van der Waals surface area (Å²) < 4.78 is 7.75. The van der Waals surface area contributed by atoms with Crippen molar-refractivity contribution in [2.75, 3.05) is 73.9 Å². The van der Waals surface area contributed by atoms with E-state index in [2.05, 4.69) is 25.2 Å². The molecule has 4 aromatic rings. The number of ether oxygens (including phenoxy) is 1. The number of nitrogens with zero attached hydrogens (tertiary/aromatic N) is 9. The standard InChI is InChI=1S/C33H40N10O4/c1-22-7-6-8-23(2)29(22)42-20-24-18-34-31(36-25-19-35-41(21-25)16-11-38(3)4)37-30(24)43(32(42)44)27-10-9-26(17-28(27)47-5)39-12-14-40(15-13-39)33(45)46/h6-10,17-19,21H,11-16,20H2,1-5H3,(H,45,46)(H,34,36,37). The van der Waals surface area contributed by atoms with E-state index in [1.165, 1.54) is 4.90 Å². The van der Waals surface area contributed by atoms with Gasteiger partial charge in [-0.15, -0.1) is 0 Å². The summed E-state index contributed by atoms with van der Waals surface area (Å²) in [6.07, 6.45) is 4.46. The van der Waals surface area contributed by atoms with Crippen LogP contribution in [-0.4, -0.2) is 101 Å². The first-order chi connectivity index (χ1) is 22.6. The smallest absolute Gasteiger partial charge is 0.407 e. The van der Waals surface area contributed by atoms with Gasteiger partial charge in [-0.1, -0.05) is 18.2 Å². The van der Waals surface area contributed by atoms with Crippen molar-refractivity contribution in [3.05, 3.63) is 71.7 Å². The predicted molar refractivity (Wildman–Crippen MR) is 181 cm³/mol. The number of likely N-dealkylation sites (N-methyl/N-ethyl adjacent to an activating group) is 1. The summed E-state index contributed by atoms with van der Waals surface area (Å²) in [4.78, 5) is 44.4. The summed E-state index contributed by atoms with van der Waals surface area (Å²) in [6.45, 7) is 7.79. The van der Waals surface area contributed by atoms with Gasteiger partial charge in [-0.05, 0) is 51.2 Å². The number of urea groups is 1. The highest BCUT2D eigenvalue weighted by Crippen LogP contribution is 2.43. The molecule has 2 N–H and O–H groups in total. The fraction of sp³-hybridized carbons (Fsp3) is 0.364. The van der Waals surface area contributed by atoms with Crippen LogP contribution in [0.4, 0.5) is 44.1 Å². The van der Waals surface area contributed by atoms with E-state index in [0.717, 1.165) is 46.8 Å². The number of hydrogen-bond donors (Lipinski definition) is 2. The Morgan fingerprint density at radius 3 is 2.49 bits per heavy atom. The summed E-state index contributed by atoms with van der Waals surface area (Å²) in [6, 6.07) is 11.4. The van der Waals surface area contributed by atoms with Gasteiger partial charge in [-0.2, -0.15) is 10.1 Å². The molecule has 0 radical (unpaired) electrons. The van der Waals surface area contributed by atoms with Crippen molar-refractivity contribution in [1.82, 2.24) is 29.5 Å². The summed E-state index contributed by atoms with van der Waals surface area (Å²) in [5.41, 5.74) is 5.72. The maximum Gasteiger partial charge on any atom is 0.407 e. The van der Waals surface area contributed by atoms with Gasteiger partial charge in [0.05, 0.1) is 43.5 Å². The Kier molecular flexibility index (Phi) is 8.85. The maximum absolute atomic E-state index is 14.6. The van der Waals surface area contributed by atoms with Crippen molar-refractivity contribution in [3.63, 3.8) is 0 Å². The Hall–Kier alpha value is -5.37. The van der Waals surface area contributed by atoms with E-state index in [9.17, 15) is 14.7 Å². The van der Waals surface area contributed by atoms with E-state index in [4.69, 9.17) is 9.72 Å². The molecule has 6 rings (SSSR count). The zero-order valence-electron chi connectivity index (χ0n) is 27.3. The maximum atomic E-state index is 14.6. The molecule has 0 unspecified atom stereocenters. The monoisotopic (exact) mass is 640 g/mol. The van der Waals surface area contributed by atoms with Crippen molar-refractivity contribution in [1.29, 1.82) is 0 Å². The number of methoxy groups -OCH3 is 1. The number of piperazine rings is 1. The number of benzene rings is 2. The minimum atomic E-state index is -0.915. The fourth-order valence-corrected chi connectivity index (χ4v) is 6.02. The highest BCUT2D eigenvalue weighted by molar-refractivity contribution is 6.11. The first-order valence-electron chi connectivity index (χ1n) is 15.5. The van der Waals surface area contributed by atoms with Crippen molar-refractivity contribution in [2.24, 2.45) is 0 Å². The van der Waals surface area contributed by atoms with Crippen molar-refractivity contribution in [2.45, 2.75) is 26.9 Å². The molecule has 0 spiro atoms. The van der Waals surface area contributed by atoms with Crippen LogP contribution in [0.5, 0.6) is 5.75 Å². The third-order valence-corrected chi connectivity index (χ3v) is 8.50. The van der Waals surface area contributed by atoms with E-state index in [1.807, 2.05) is 75.2 Å². The molecule has 1 saturated heterocycles. The van der Waals surface area contributed by atoms with Crippen LogP contribution in [0.3, 0.4) is 0 Å². The van der Waals surface area contributed by atoms with Gasteiger partial charge in [0, 0.05) is 62.4 Å². The van der Waals surface area contributed by atoms with Gasteiger partial charge in [-0.25, -0.2) is 19.5 Å². The Labute approximate surface area is 273 Å². The van der Waals surface area contributed by atoms with E-state index >= 15 is 0 Å². The fourth-order valence-electron chi connectivity index (χ4n) is 6.02. The number of amides is 3. The summed E-state index contributed by atoms with van der Waals surface area (Å²) in [7, 11) is 5.61. The third-order valence-electron chi connectivity index (χ3n) is 8.50. The second kappa shape index (κ2) is 13.2. The average Bonchev–Trinajstić information content (AvgIpc) is 3.51. The summed E-state index contributed by atoms with van der Waals surface area (Å²) >= 11 is 0. The Morgan fingerprint density at radius 1 is 1.06 bits per heavy atom. The van der Waals surface area contributed by atoms with E-state index < -0.39 is 6.09 Å². The molecule has 2 aromatic heterocycles. The Balaban J connectivity index is 1.37. The number of carboxylic acid groups (broad SMARTS) is 1. The molecule has 0 aliphatic carbocycles. The third kappa shape index (κ3) is 6.49. The number of aromatic nitrogens is 4. The Morgan fingerprint density at radius 2 is 1.81 bits per heavy atom. The highest BCUT2D eigenvalue weighted by Gasteiger charge is 2.37. The Bertz CT molecular complexity index is 1760. The molecule has 0 atom stereocenters. The molecule has 0 bridgehead atoms. The summed E-state index contributed by atoms with van der Waals surface area (Å²) in [5, 5.41) is 17.1. The van der Waals surface area contributed by atoms with Crippen LogP contribution >= 0.6 is 0 Å². The lowest BCUT2D eigenvalue weighted by molar-refractivity contribution is 0.142. The van der Waals surface area contributed by atoms with Gasteiger partial charge < -0.3 is 29.9 Å². The van der Waals surface area contributed by atoms with Gasteiger partial charge >= 0.3 is 12.1 Å². The molecule has 47 heavy (non-hydrogen) atoms. The van der Waals surface area contributed by atoms with Crippen LogP contribution in [0.1, 0.15) is 16.7 Å². The largest absolute Gasteiger partial charge is 0.494 e. The number of aryl methyl sites for hydroxylation is 2. The molecule has 0 saturated carbocycles. The average molecular weight is 641 g/mol. The molecule has 246 valence electrons. The van der Waals surface area contributed by atoms with Crippen molar-refractivity contribution in [3.8, 4) is 5.75 Å². The number of anilines is 6. The van der Waals surface area contributed by atoms with Crippen molar-refractivity contribution >= 4 is 46.6 Å². The molecule has 2 aromatic carbocycles. The van der Waals surface area contributed by atoms with Gasteiger partial charge in [0.15, 0.2) is 5.82 Å². The number of carbonyl (C=O) groups is 2. The van der Waals surface area contributed by atoms with Crippen LogP contribution in [0, 0.1) is 13.8 Å². The number of nitrogens with one attached hydrogen (secondary N) is 1. The van der Waals surface area contributed by atoms with Crippen LogP contribution in [0.25, 0.3) is 0 Å². The van der Waals surface area contributed by atoms with Gasteiger partial charge in [0.2, 0.25) is 5.95 Å². The summed E-state index contributed by atoms with van der Waals surface area (Å²) in [5.74, 6) is 1.28. The van der Waals surface area contributed by atoms with Gasteiger partial charge in [-0.3, -0.25) is 9.58 Å². The minimum absolute atomic E-state index is 0.267. The number of para-hydroxylation sites is 1. The molecular formula is C33H40N10O4. The lowest BCUT2D eigenvalue weighted by atomic mass is 10.1. The SMILES string of the molecule is COc1cc(N2CCN(C(=O)O)CC2)ccc1N1C(=O)N(c2c(C)cccc2C)Cc2cnc(Nc3cnn(CCN(C)C)c3)nc21. The van der Waals surface area contributed by atoms with E-state index in [1.54, 1.807) is 29.3 Å². The van der Waals surface area contributed by atoms with E-state index in [0.29, 0.717) is 55.9 Å². The number of carbonyl (C=O) groups excluding carboxylic acids is 1. The second-order valence-corrected chi connectivity index (χ2v) is 12.0. The molecule has 14 nitrogen and oxygen atoms in total. The first kappa shape index (κ1) is 31.6. The molecular weight excluding hydrogens is 600 g/mol. The van der Waals surface area contributed by atoms with Crippen LogP contribution in [0.2, 0.25) is 0 Å². The lowest BCUT2D eigenvalue weighted by Gasteiger charge is -2.38. The number of rotatable bonds is 9. The van der Waals surface area contributed by atoms with Gasteiger partial charge in [0.25, 0.3) is 0 Å². The molecule has 2 aliphatic heterocycles. The molecule has 3 amide bonds. The minimum Gasteiger partial charge on any atom is -0.494 e. The topological polar surface area (TPSA) is 135 Å². The molecule has 14 heteroatoms. The second-order valence-electron chi connectivity index (χ2n) is 12.0.